The molecule has 0 atom stereocenters. The fourth-order valence-electron chi connectivity index (χ4n) is 2.35. The molecule has 106 valence electrons. The van der Waals surface area contributed by atoms with E-state index < -0.39 is 0 Å². The van der Waals surface area contributed by atoms with Crippen LogP contribution in [0, 0.1) is 6.92 Å². The van der Waals surface area contributed by atoms with Gasteiger partial charge in [0.05, 0.1) is 12.5 Å². The van der Waals surface area contributed by atoms with E-state index in [-0.39, 0.29) is 0 Å². The first kappa shape index (κ1) is 13.2. The van der Waals surface area contributed by atoms with Crippen molar-refractivity contribution in [2.75, 3.05) is 11.9 Å². The van der Waals surface area contributed by atoms with Gasteiger partial charge in [-0.15, -0.1) is 0 Å². The molecule has 0 bridgehead atoms. The zero-order chi connectivity index (χ0) is 13.9. The maximum Gasteiger partial charge on any atom is 0.0952 e. The van der Waals surface area contributed by atoms with Gasteiger partial charge in [0.25, 0.3) is 0 Å². The summed E-state index contributed by atoms with van der Waals surface area (Å²) in [5, 5.41) is 3.56. The monoisotopic (exact) mass is 271 g/mol. The molecule has 4 heteroatoms. The fourth-order valence-corrected chi connectivity index (χ4v) is 2.35. The zero-order valence-electron chi connectivity index (χ0n) is 12.1. The molecule has 1 aliphatic rings. The summed E-state index contributed by atoms with van der Waals surface area (Å²) in [5.41, 5.74) is 4.73. The SMILES string of the molecule is Cc1cc(N(C)Cc2ccoc2)c(CNC2CC2)cn1. The Morgan fingerprint density at radius 3 is 3.00 bits per heavy atom. The summed E-state index contributed by atoms with van der Waals surface area (Å²) in [5.74, 6) is 0. The van der Waals surface area contributed by atoms with Crippen molar-refractivity contribution in [3.8, 4) is 0 Å². The molecule has 0 spiro atoms. The molecule has 1 N–H and O–H groups in total. The Morgan fingerprint density at radius 2 is 2.30 bits per heavy atom. The van der Waals surface area contributed by atoms with Crippen LogP contribution >= 0.6 is 0 Å². The largest absolute Gasteiger partial charge is 0.472 e. The van der Waals surface area contributed by atoms with Gasteiger partial charge in [0, 0.05) is 54.9 Å². The predicted octanol–water partition coefficient (Wildman–Crippen LogP) is 2.87. The van der Waals surface area contributed by atoms with Crippen LogP contribution in [0.3, 0.4) is 0 Å². The molecule has 3 rings (SSSR count). The van der Waals surface area contributed by atoms with Gasteiger partial charge in [-0.2, -0.15) is 0 Å². The van der Waals surface area contributed by atoms with E-state index in [9.17, 15) is 0 Å². The van der Waals surface area contributed by atoms with Gasteiger partial charge >= 0.3 is 0 Å². The van der Waals surface area contributed by atoms with Crippen molar-refractivity contribution in [2.24, 2.45) is 0 Å². The third-order valence-corrected chi connectivity index (χ3v) is 3.67. The molecule has 20 heavy (non-hydrogen) atoms. The molecule has 4 nitrogen and oxygen atoms in total. The molecule has 1 aliphatic carbocycles. The van der Waals surface area contributed by atoms with Crippen LogP contribution in [0.25, 0.3) is 0 Å². The average Bonchev–Trinajstić information content (AvgIpc) is 3.13. The molecular weight excluding hydrogens is 250 g/mol. The number of furan rings is 1. The van der Waals surface area contributed by atoms with Crippen LogP contribution in [0.5, 0.6) is 0 Å². The maximum atomic E-state index is 5.14. The molecular formula is C16H21N3O. The summed E-state index contributed by atoms with van der Waals surface area (Å²) in [4.78, 5) is 6.69. The van der Waals surface area contributed by atoms with Crippen molar-refractivity contribution in [3.63, 3.8) is 0 Å². The maximum absolute atomic E-state index is 5.14. The number of anilines is 1. The van der Waals surface area contributed by atoms with E-state index in [1.165, 1.54) is 29.7 Å². The lowest BCUT2D eigenvalue weighted by molar-refractivity contribution is 0.563. The third kappa shape index (κ3) is 3.20. The van der Waals surface area contributed by atoms with E-state index in [0.717, 1.165) is 18.8 Å². The minimum absolute atomic E-state index is 0.711. The first-order valence-electron chi connectivity index (χ1n) is 7.13. The standard InChI is InChI=1S/C16H21N3O/c1-12-7-16(19(2)10-13-5-6-20-11-13)14(8-17-12)9-18-15-3-4-15/h5-8,11,15,18H,3-4,9-10H2,1-2H3. The zero-order valence-corrected chi connectivity index (χ0v) is 12.1. The van der Waals surface area contributed by atoms with E-state index >= 15 is 0 Å². The van der Waals surface area contributed by atoms with Crippen molar-refractivity contribution >= 4 is 5.69 Å². The second-order valence-corrected chi connectivity index (χ2v) is 5.60. The van der Waals surface area contributed by atoms with Gasteiger partial charge in [0.2, 0.25) is 0 Å². The average molecular weight is 271 g/mol. The molecule has 0 aromatic carbocycles. The molecule has 2 heterocycles. The second-order valence-electron chi connectivity index (χ2n) is 5.60. The van der Waals surface area contributed by atoms with Crippen molar-refractivity contribution in [2.45, 2.75) is 38.9 Å². The minimum atomic E-state index is 0.711. The summed E-state index contributed by atoms with van der Waals surface area (Å²) in [6, 6.07) is 4.87. The van der Waals surface area contributed by atoms with Crippen LogP contribution < -0.4 is 10.2 Å². The van der Waals surface area contributed by atoms with Crippen LogP contribution in [-0.4, -0.2) is 18.1 Å². The highest BCUT2D eigenvalue weighted by atomic mass is 16.3. The van der Waals surface area contributed by atoms with E-state index in [2.05, 4.69) is 28.3 Å². The fraction of sp³-hybridized carbons (Fsp3) is 0.438. The van der Waals surface area contributed by atoms with Crippen molar-refractivity contribution in [3.05, 3.63) is 47.7 Å². The Labute approximate surface area is 119 Å². The molecule has 0 unspecified atom stereocenters. The molecule has 2 aromatic rings. The van der Waals surface area contributed by atoms with Crippen molar-refractivity contribution < 1.29 is 4.42 Å². The number of aromatic nitrogens is 1. The first-order valence-corrected chi connectivity index (χ1v) is 7.13. The number of rotatable bonds is 6. The number of aryl methyl sites for hydroxylation is 1. The van der Waals surface area contributed by atoms with Crippen LogP contribution in [0.15, 0.2) is 35.3 Å². The summed E-state index contributed by atoms with van der Waals surface area (Å²) in [7, 11) is 2.11. The summed E-state index contributed by atoms with van der Waals surface area (Å²) < 4.78 is 5.14. The van der Waals surface area contributed by atoms with Gasteiger partial charge in [-0.1, -0.05) is 0 Å². The number of nitrogens with one attached hydrogen (secondary N) is 1. The predicted molar refractivity (Wildman–Crippen MR) is 79.7 cm³/mol. The smallest absolute Gasteiger partial charge is 0.0952 e. The van der Waals surface area contributed by atoms with Crippen molar-refractivity contribution in [1.29, 1.82) is 0 Å². The van der Waals surface area contributed by atoms with Crippen LogP contribution in [0.2, 0.25) is 0 Å². The van der Waals surface area contributed by atoms with Crippen molar-refractivity contribution in [1.82, 2.24) is 10.3 Å². The van der Waals surface area contributed by atoms with Gasteiger partial charge in [-0.3, -0.25) is 4.98 Å². The molecule has 1 fully saturated rings. The van der Waals surface area contributed by atoms with E-state index in [4.69, 9.17) is 4.42 Å². The van der Waals surface area contributed by atoms with E-state index in [1.54, 1.807) is 12.5 Å². The molecule has 0 amide bonds. The quantitative estimate of drug-likeness (QED) is 0.877. The lowest BCUT2D eigenvalue weighted by Gasteiger charge is -2.22. The van der Waals surface area contributed by atoms with E-state index in [1.807, 2.05) is 19.2 Å². The van der Waals surface area contributed by atoms with Crippen LogP contribution in [-0.2, 0) is 13.1 Å². The summed E-state index contributed by atoms with van der Waals surface area (Å²) >= 11 is 0. The minimum Gasteiger partial charge on any atom is -0.472 e. The Balaban J connectivity index is 1.76. The Bertz CT molecular complexity index is 561. The molecule has 2 aromatic heterocycles. The topological polar surface area (TPSA) is 41.3 Å². The normalized spacial score (nSPS) is 14.5. The van der Waals surface area contributed by atoms with Crippen LogP contribution in [0.1, 0.15) is 29.7 Å². The third-order valence-electron chi connectivity index (χ3n) is 3.67. The van der Waals surface area contributed by atoms with Gasteiger partial charge in [0.1, 0.15) is 0 Å². The Kier molecular flexibility index (Phi) is 3.74. The number of pyridine rings is 1. The van der Waals surface area contributed by atoms with Gasteiger partial charge in [-0.05, 0) is 31.9 Å². The number of hydrogen-bond donors (Lipinski definition) is 1. The number of hydrogen-bond acceptors (Lipinski definition) is 4. The Morgan fingerprint density at radius 1 is 1.45 bits per heavy atom. The molecule has 0 aliphatic heterocycles. The second kappa shape index (κ2) is 5.67. The highest BCUT2D eigenvalue weighted by molar-refractivity contribution is 5.53. The van der Waals surface area contributed by atoms with Gasteiger partial charge in [0.15, 0.2) is 0 Å². The summed E-state index contributed by atoms with van der Waals surface area (Å²) in [6.07, 6.45) is 8.12. The Hall–Kier alpha value is -1.81. The highest BCUT2D eigenvalue weighted by Crippen LogP contribution is 2.24. The molecule has 1 saturated carbocycles. The first-order chi connectivity index (χ1) is 9.72. The van der Waals surface area contributed by atoms with E-state index in [0.29, 0.717) is 6.04 Å². The molecule has 0 radical (unpaired) electrons. The van der Waals surface area contributed by atoms with Gasteiger partial charge in [-0.25, -0.2) is 0 Å². The highest BCUT2D eigenvalue weighted by Gasteiger charge is 2.21. The molecule has 0 saturated heterocycles. The number of nitrogens with zero attached hydrogens (tertiary/aromatic N) is 2. The lowest BCUT2D eigenvalue weighted by Crippen LogP contribution is -2.22. The van der Waals surface area contributed by atoms with Crippen LogP contribution in [0.4, 0.5) is 5.69 Å². The van der Waals surface area contributed by atoms with Gasteiger partial charge < -0.3 is 14.6 Å². The summed E-state index contributed by atoms with van der Waals surface area (Å²) in [6.45, 7) is 3.77. The lowest BCUT2D eigenvalue weighted by atomic mass is 10.1.